The minimum absolute atomic E-state index is 0.00450. The number of nitrogens with one attached hydrogen (secondary N) is 1. The molecule has 1 aliphatic carbocycles. The highest BCUT2D eigenvalue weighted by Gasteiger charge is 2.46. The molecule has 2 aliphatic heterocycles. The lowest BCUT2D eigenvalue weighted by Gasteiger charge is -2.45. The fourth-order valence-electron chi connectivity index (χ4n) is 4.01. The molecule has 0 radical (unpaired) electrons. The van der Waals surface area contributed by atoms with Gasteiger partial charge in [0.05, 0.1) is 18.1 Å². The lowest BCUT2D eigenvalue weighted by atomic mass is 9.74. The van der Waals surface area contributed by atoms with E-state index in [0.29, 0.717) is 12.8 Å². The van der Waals surface area contributed by atoms with Crippen LogP contribution in [0, 0.1) is 0 Å². The number of aliphatic hydroxyl groups is 1. The second-order valence-electron chi connectivity index (χ2n) is 6.55. The van der Waals surface area contributed by atoms with Gasteiger partial charge in [0.2, 0.25) is 0 Å². The van der Waals surface area contributed by atoms with Crippen LogP contribution in [-0.2, 0) is 4.79 Å². The average molecular weight is 282 g/mol. The Bertz CT molecular complexity index is 407. The molecule has 112 valence electrons. The summed E-state index contributed by atoms with van der Waals surface area (Å²) < 4.78 is 0. The van der Waals surface area contributed by atoms with E-state index in [1.54, 1.807) is 0 Å². The molecule has 2 saturated heterocycles. The van der Waals surface area contributed by atoms with Gasteiger partial charge in [-0.1, -0.05) is 0 Å². The van der Waals surface area contributed by atoms with Gasteiger partial charge in [0.25, 0.3) is 0 Å². The van der Waals surface area contributed by atoms with Crippen molar-refractivity contribution in [3.8, 4) is 0 Å². The van der Waals surface area contributed by atoms with E-state index in [-0.39, 0.29) is 30.6 Å². The quantitative estimate of drug-likeness (QED) is 0.722. The van der Waals surface area contributed by atoms with Crippen LogP contribution in [0.25, 0.3) is 0 Å². The lowest BCUT2D eigenvalue weighted by Crippen LogP contribution is -2.61. The number of carbonyl (C=O) groups excluding carboxylic acids is 1. The minimum atomic E-state index is -0.859. The highest BCUT2D eigenvalue weighted by molar-refractivity contribution is 5.78. The topological polar surface area (TPSA) is 89.9 Å². The van der Waals surface area contributed by atoms with E-state index in [1.165, 1.54) is 0 Å². The summed E-state index contributed by atoms with van der Waals surface area (Å²) in [5, 5.41) is 21.7. The van der Waals surface area contributed by atoms with Gasteiger partial charge < -0.3 is 20.4 Å². The van der Waals surface area contributed by atoms with E-state index in [0.717, 1.165) is 32.1 Å². The molecular weight excluding hydrogens is 260 g/mol. The molecule has 3 fully saturated rings. The third kappa shape index (κ3) is 2.37. The van der Waals surface area contributed by atoms with Crippen LogP contribution in [0.15, 0.2) is 0 Å². The summed E-state index contributed by atoms with van der Waals surface area (Å²) in [6, 6.07) is 0.0989. The van der Waals surface area contributed by atoms with E-state index in [9.17, 15) is 14.7 Å². The predicted octanol–water partition coefficient (Wildman–Crippen LogP) is 1.08. The van der Waals surface area contributed by atoms with Crippen molar-refractivity contribution in [3.05, 3.63) is 0 Å². The number of amides is 2. The molecule has 2 bridgehead atoms. The first-order valence-corrected chi connectivity index (χ1v) is 7.49. The van der Waals surface area contributed by atoms with Crippen LogP contribution in [0.1, 0.15) is 51.4 Å². The zero-order valence-electron chi connectivity index (χ0n) is 11.5. The summed E-state index contributed by atoms with van der Waals surface area (Å²) in [7, 11) is 0. The number of piperidine rings is 1. The largest absolute Gasteiger partial charge is 0.481 e. The maximum atomic E-state index is 12.5. The molecule has 3 N–H and O–H groups in total. The summed E-state index contributed by atoms with van der Waals surface area (Å²) in [6.45, 7) is 0. The Kier molecular flexibility index (Phi) is 3.36. The Balaban J connectivity index is 1.66. The molecule has 2 atom stereocenters. The van der Waals surface area contributed by atoms with Crippen molar-refractivity contribution in [3.63, 3.8) is 0 Å². The number of aliphatic carboxylic acids is 1. The first-order valence-electron chi connectivity index (χ1n) is 7.49. The number of carbonyl (C=O) groups is 2. The van der Waals surface area contributed by atoms with Crippen molar-refractivity contribution in [2.45, 2.75) is 75.1 Å². The van der Waals surface area contributed by atoms with Crippen molar-refractivity contribution in [2.75, 3.05) is 0 Å². The number of nitrogens with zero attached hydrogens (tertiary/aromatic N) is 1. The first-order chi connectivity index (χ1) is 9.49. The van der Waals surface area contributed by atoms with Crippen molar-refractivity contribution < 1.29 is 19.8 Å². The third-order valence-corrected chi connectivity index (χ3v) is 5.12. The van der Waals surface area contributed by atoms with Gasteiger partial charge in [-0.2, -0.15) is 0 Å². The summed E-state index contributed by atoms with van der Waals surface area (Å²) in [5.74, 6) is -0.859. The summed E-state index contributed by atoms with van der Waals surface area (Å²) in [5.41, 5.74) is -0.543. The molecule has 6 nitrogen and oxygen atoms in total. The van der Waals surface area contributed by atoms with Gasteiger partial charge in [0.15, 0.2) is 0 Å². The van der Waals surface area contributed by atoms with Gasteiger partial charge in [-0.05, 0) is 44.9 Å². The van der Waals surface area contributed by atoms with Gasteiger partial charge in [0, 0.05) is 12.1 Å². The van der Waals surface area contributed by atoms with Crippen molar-refractivity contribution in [2.24, 2.45) is 0 Å². The Morgan fingerprint density at radius 2 is 1.80 bits per heavy atom. The van der Waals surface area contributed by atoms with Crippen LogP contribution in [0.2, 0.25) is 0 Å². The van der Waals surface area contributed by atoms with Gasteiger partial charge in [-0.3, -0.25) is 4.79 Å². The second-order valence-corrected chi connectivity index (χ2v) is 6.55. The summed E-state index contributed by atoms with van der Waals surface area (Å²) in [6.07, 6.45) is 5.36. The van der Waals surface area contributed by atoms with Gasteiger partial charge in [-0.25, -0.2) is 4.79 Å². The highest BCUT2D eigenvalue weighted by atomic mass is 16.4. The van der Waals surface area contributed by atoms with Crippen LogP contribution >= 0.6 is 0 Å². The molecule has 0 spiro atoms. The number of fused-ring (bicyclic) bond motifs is 2. The van der Waals surface area contributed by atoms with Crippen LogP contribution in [0.5, 0.6) is 0 Å². The molecule has 3 aliphatic rings. The standard InChI is InChI=1S/C14H22N2O4/c17-11-6-9-2-3-10(7-11)16(9)13(20)15-14(4-1-5-14)8-12(18)19/h9-11,17H,1-8H2,(H,15,20)(H,18,19). The molecule has 0 aromatic heterocycles. The maximum Gasteiger partial charge on any atom is 0.318 e. The van der Waals surface area contributed by atoms with E-state index >= 15 is 0 Å². The number of hydrogen-bond donors (Lipinski definition) is 3. The molecule has 1 saturated carbocycles. The molecule has 20 heavy (non-hydrogen) atoms. The molecule has 3 rings (SSSR count). The monoisotopic (exact) mass is 282 g/mol. The van der Waals surface area contributed by atoms with E-state index in [1.807, 2.05) is 4.90 Å². The van der Waals surface area contributed by atoms with Crippen LogP contribution in [-0.4, -0.2) is 50.8 Å². The molecule has 2 amide bonds. The van der Waals surface area contributed by atoms with Gasteiger partial charge >= 0.3 is 12.0 Å². The first kappa shape index (κ1) is 13.7. The second kappa shape index (κ2) is 4.91. The normalized spacial score (nSPS) is 34.5. The van der Waals surface area contributed by atoms with Crippen molar-refractivity contribution in [1.82, 2.24) is 10.2 Å². The van der Waals surface area contributed by atoms with E-state index < -0.39 is 11.5 Å². The fraction of sp³-hybridized carbons (Fsp3) is 0.857. The van der Waals surface area contributed by atoms with E-state index in [4.69, 9.17) is 5.11 Å². The SMILES string of the molecule is O=C(O)CC1(NC(=O)N2C3CCC2CC(O)C3)CCC1. The third-order valence-electron chi connectivity index (χ3n) is 5.12. The Morgan fingerprint density at radius 1 is 1.20 bits per heavy atom. The summed E-state index contributed by atoms with van der Waals surface area (Å²) >= 11 is 0. The minimum Gasteiger partial charge on any atom is -0.481 e. The zero-order valence-corrected chi connectivity index (χ0v) is 11.5. The predicted molar refractivity (Wildman–Crippen MR) is 71.3 cm³/mol. The molecule has 0 aromatic rings. The van der Waals surface area contributed by atoms with E-state index in [2.05, 4.69) is 5.32 Å². The van der Waals surface area contributed by atoms with Gasteiger partial charge in [0.1, 0.15) is 0 Å². The fourth-order valence-corrected chi connectivity index (χ4v) is 4.01. The average Bonchev–Trinajstić information content (AvgIpc) is 2.58. The molecule has 2 unspecified atom stereocenters. The molecular formula is C14H22N2O4. The van der Waals surface area contributed by atoms with Crippen LogP contribution < -0.4 is 5.32 Å². The van der Waals surface area contributed by atoms with Crippen LogP contribution in [0.4, 0.5) is 4.79 Å². The Hall–Kier alpha value is -1.30. The number of urea groups is 1. The molecule has 0 aromatic carbocycles. The molecule has 6 heteroatoms. The zero-order chi connectivity index (χ0) is 14.3. The Morgan fingerprint density at radius 3 is 2.25 bits per heavy atom. The maximum absolute atomic E-state index is 12.5. The number of carboxylic acid groups (broad SMARTS) is 1. The Labute approximate surface area is 118 Å². The number of carboxylic acids is 1. The summed E-state index contributed by atoms with van der Waals surface area (Å²) in [4.78, 5) is 25.3. The van der Waals surface area contributed by atoms with Crippen molar-refractivity contribution >= 4 is 12.0 Å². The van der Waals surface area contributed by atoms with Gasteiger partial charge in [-0.15, -0.1) is 0 Å². The highest BCUT2D eigenvalue weighted by Crippen LogP contribution is 2.38. The number of aliphatic hydroxyl groups excluding tert-OH is 1. The van der Waals surface area contributed by atoms with Crippen molar-refractivity contribution in [1.29, 1.82) is 0 Å². The number of hydrogen-bond acceptors (Lipinski definition) is 3. The molecule has 2 heterocycles. The number of rotatable bonds is 3. The van der Waals surface area contributed by atoms with Crippen LogP contribution in [0.3, 0.4) is 0 Å². The lowest BCUT2D eigenvalue weighted by molar-refractivity contribution is -0.139. The smallest absolute Gasteiger partial charge is 0.318 e.